The molecule has 18 heavy (non-hydrogen) atoms. The molecule has 0 bridgehead atoms. The summed E-state index contributed by atoms with van der Waals surface area (Å²) in [7, 11) is -3.33. The zero-order valence-corrected chi connectivity index (χ0v) is 12.9. The van der Waals surface area contributed by atoms with Crippen LogP contribution in [0.25, 0.3) is 0 Å². The van der Waals surface area contributed by atoms with Gasteiger partial charge >= 0.3 is 0 Å². The van der Waals surface area contributed by atoms with Gasteiger partial charge in [-0.25, -0.2) is 0 Å². The standard InChI is InChI=1S/C12H27N3O2S/c1-5-8-14(9-6-2)18(16,17)15-10-7-13-11-12(15,3)4/h13H,5-11H2,1-4H3. The van der Waals surface area contributed by atoms with Crippen LogP contribution in [0.15, 0.2) is 0 Å². The van der Waals surface area contributed by atoms with Gasteiger partial charge in [0.25, 0.3) is 10.2 Å². The Bertz CT molecular complexity index is 348. The topological polar surface area (TPSA) is 52.7 Å². The van der Waals surface area contributed by atoms with Crippen LogP contribution in [0.5, 0.6) is 0 Å². The molecule has 1 N–H and O–H groups in total. The van der Waals surface area contributed by atoms with E-state index < -0.39 is 10.2 Å². The maximum absolute atomic E-state index is 12.7. The lowest BCUT2D eigenvalue weighted by molar-refractivity contribution is 0.172. The van der Waals surface area contributed by atoms with Crippen LogP contribution in [0.3, 0.4) is 0 Å². The van der Waals surface area contributed by atoms with Crippen molar-refractivity contribution in [1.82, 2.24) is 13.9 Å². The van der Waals surface area contributed by atoms with E-state index in [1.807, 2.05) is 27.7 Å². The monoisotopic (exact) mass is 277 g/mol. The average molecular weight is 277 g/mol. The lowest BCUT2D eigenvalue weighted by atomic mass is 10.0. The minimum Gasteiger partial charge on any atom is -0.314 e. The predicted octanol–water partition coefficient (Wildman–Crippen LogP) is 1.04. The quantitative estimate of drug-likeness (QED) is 0.789. The summed E-state index contributed by atoms with van der Waals surface area (Å²) in [5.74, 6) is 0. The molecule has 6 heteroatoms. The Balaban J connectivity index is 2.94. The van der Waals surface area contributed by atoms with Crippen LogP contribution >= 0.6 is 0 Å². The third-order valence-electron chi connectivity index (χ3n) is 3.28. The van der Waals surface area contributed by atoms with Gasteiger partial charge in [0.1, 0.15) is 0 Å². The molecule has 1 heterocycles. The number of hydrogen-bond acceptors (Lipinski definition) is 3. The number of hydrogen-bond donors (Lipinski definition) is 1. The zero-order chi connectivity index (χ0) is 13.8. The van der Waals surface area contributed by atoms with E-state index in [-0.39, 0.29) is 5.54 Å². The van der Waals surface area contributed by atoms with Crippen LogP contribution in [-0.2, 0) is 10.2 Å². The molecule has 0 unspecified atom stereocenters. The summed E-state index contributed by atoms with van der Waals surface area (Å²) in [5, 5.41) is 3.26. The summed E-state index contributed by atoms with van der Waals surface area (Å²) in [4.78, 5) is 0. The molecule has 0 saturated carbocycles. The Kier molecular flexibility index (Phi) is 5.58. The van der Waals surface area contributed by atoms with Crippen LogP contribution < -0.4 is 5.32 Å². The van der Waals surface area contributed by atoms with Gasteiger partial charge in [0, 0.05) is 38.3 Å². The first kappa shape index (κ1) is 15.9. The second kappa shape index (κ2) is 6.32. The molecule has 1 aliphatic heterocycles. The van der Waals surface area contributed by atoms with E-state index in [2.05, 4.69) is 5.32 Å². The molecular formula is C12H27N3O2S. The number of piperazine rings is 1. The summed E-state index contributed by atoms with van der Waals surface area (Å²) in [6.07, 6.45) is 1.71. The molecule has 1 saturated heterocycles. The highest BCUT2D eigenvalue weighted by molar-refractivity contribution is 7.86. The summed E-state index contributed by atoms with van der Waals surface area (Å²) in [5.41, 5.74) is -0.350. The van der Waals surface area contributed by atoms with Crippen molar-refractivity contribution < 1.29 is 8.42 Å². The maximum atomic E-state index is 12.7. The normalized spacial score (nSPS) is 21.4. The highest BCUT2D eigenvalue weighted by Gasteiger charge is 2.40. The Morgan fingerprint density at radius 2 is 1.78 bits per heavy atom. The molecule has 0 aromatic rings. The average Bonchev–Trinajstić information content (AvgIpc) is 2.27. The van der Waals surface area contributed by atoms with Crippen LogP contribution in [-0.4, -0.2) is 55.3 Å². The molecule has 108 valence electrons. The largest absolute Gasteiger partial charge is 0.314 e. The molecule has 1 aliphatic rings. The molecule has 0 aromatic heterocycles. The molecule has 0 atom stereocenters. The fourth-order valence-corrected chi connectivity index (χ4v) is 4.49. The van der Waals surface area contributed by atoms with Crippen LogP contribution in [0.2, 0.25) is 0 Å². The van der Waals surface area contributed by atoms with Gasteiger partial charge in [-0.3, -0.25) is 0 Å². The minimum atomic E-state index is -3.33. The van der Waals surface area contributed by atoms with Crippen molar-refractivity contribution in [1.29, 1.82) is 0 Å². The zero-order valence-electron chi connectivity index (χ0n) is 12.1. The highest BCUT2D eigenvalue weighted by Crippen LogP contribution is 2.23. The SMILES string of the molecule is CCCN(CCC)S(=O)(=O)N1CCNCC1(C)C. The highest BCUT2D eigenvalue weighted by atomic mass is 32.2. The van der Waals surface area contributed by atoms with E-state index in [0.29, 0.717) is 26.2 Å². The van der Waals surface area contributed by atoms with Gasteiger partial charge in [-0.15, -0.1) is 0 Å². The number of nitrogens with one attached hydrogen (secondary N) is 1. The summed E-state index contributed by atoms with van der Waals surface area (Å²) >= 11 is 0. The van der Waals surface area contributed by atoms with Gasteiger partial charge in [-0.2, -0.15) is 17.0 Å². The van der Waals surface area contributed by atoms with E-state index in [4.69, 9.17) is 0 Å². The summed E-state index contributed by atoms with van der Waals surface area (Å²) in [6.45, 7) is 11.2. The Morgan fingerprint density at radius 1 is 1.22 bits per heavy atom. The van der Waals surface area contributed by atoms with Gasteiger partial charge in [0.2, 0.25) is 0 Å². The second-order valence-corrected chi connectivity index (χ2v) is 7.32. The summed E-state index contributed by atoms with van der Waals surface area (Å²) < 4.78 is 28.7. The molecule has 5 nitrogen and oxygen atoms in total. The molecule has 0 radical (unpaired) electrons. The number of nitrogens with zero attached hydrogens (tertiary/aromatic N) is 2. The predicted molar refractivity (Wildman–Crippen MR) is 74.7 cm³/mol. The minimum absolute atomic E-state index is 0.350. The molecule has 0 aliphatic carbocycles. The Hall–Kier alpha value is -0.170. The molecule has 0 spiro atoms. The van der Waals surface area contributed by atoms with E-state index in [1.54, 1.807) is 8.61 Å². The van der Waals surface area contributed by atoms with Gasteiger partial charge in [0.05, 0.1) is 0 Å². The van der Waals surface area contributed by atoms with Gasteiger partial charge in [-0.1, -0.05) is 13.8 Å². The second-order valence-electron chi connectivity index (χ2n) is 5.47. The molecular weight excluding hydrogens is 250 g/mol. The first-order valence-corrected chi connectivity index (χ1v) is 8.24. The molecule has 1 rings (SSSR count). The van der Waals surface area contributed by atoms with Crippen LogP contribution in [0.4, 0.5) is 0 Å². The van der Waals surface area contributed by atoms with E-state index in [1.165, 1.54) is 0 Å². The van der Waals surface area contributed by atoms with Gasteiger partial charge < -0.3 is 5.32 Å². The van der Waals surface area contributed by atoms with Crippen molar-refractivity contribution >= 4 is 10.2 Å². The van der Waals surface area contributed by atoms with E-state index in [0.717, 1.165) is 19.4 Å². The van der Waals surface area contributed by atoms with Gasteiger partial charge in [-0.05, 0) is 26.7 Å². The van der Waals surface area contributed by atoms with Crippen molar-refractivity contribution in [3.8, 4) is 0 Å². The van der Waals surface area contributed by atoms with Crippen molar-refractivity contribution in [2.24, 2.45) is 0 Å². The Morgan fingerprint density at radius 3 is 2.22 bits per heavy atom. The van der Waals surface area contributed by atoms with Crippen LogP contribution in [0.1, 0.15) is 40.5 Å². The third-order valence-corrected chi connectivity index (χ3v) is 5.53. The Labute approximate surface area is 112 Å². The van der Waals surface area contributed by atoms with Crippen molar-refractivity contribution in [3.05, 3.63) is 0 Å². The van der Waals surface area contributed by atoms with Crippen molar-refractivity contribution in [3.63, 3.8) is 0 Å². The van der Waals surface area contributed by atoms with Crippen molar-refractivity contribution in [2.45, 2.75) is 46.1 Å². The molecule has 1 fully saturated rings. The maximum Gasteiger partial charge on any atom is 0.282 e. The number of rotatable bonds is 6. The first-order chi connectivity index (χ1) is 8.36. The lowest BCUT2D eigenvalue weighted by Crippen LogP contribution is -2.62. The third kappa shape index (κ3) is 3.44. The van der Waals surface area contributed by atoms with E-state index >= 15 is 0 Å². The summed E-state index contributed by atoms with van der Waals surface area (Å²) in [6, 6.07) is 0. The van der Waals surface area contributed by atoms with Crippen molar-refractivity contribution in [2.75, 3.05) is 32.7 Å². The van der Waals surface area contributed by atoms with Gasteiger partial charge in [0.15, 0.2) is 0 Å². The molecule has 0 amide bonds. The fourth-order valence-electron chi connectivity index (χ4n) is 2.37. The van der Waals surface area contributed by atoms with Crippen LogP contribution in [0, 0.1) is 0 Å². The first-order valence-electron chi connectivity index (χ1n) is 6.85. The lowest BCUT2D eigenvalue weighted by Gasteiger charge is -2.43. The molecule has 0 aromatic carbocycles. The fraction of sp³-hybridized carbons (Fsp3) is 1.00. The smallest absolute Gasteiger partial charge is 0.282 e. The van der Waals surface area contributed by atoms with E-state index in [9.17, 15) is 8.42 Å².